The quantitative estimate of drug-likeness (QED) is 0.472. The number of carbonyl (C=O) groups is 1. The van der Waals surface area contributed by atoms with Gasteiger partial charge >= 0.3 is 0 Å². The summed E-state index contributed by atoms with van der Waals surface area (Å²) in [4.78, 5) is 13.7. The summed E-state index contributed by atoms with van der Waals surface area (Å²) in [5.41, 5.74) is -0.0486. The number of amides is 1. The van der Waals surface area contributed by atoms with Gasteiger partial charge in [-0.3, -0.25) is 10.2 Å². The molecule has 3 heteroatoms. The number of nitrogens with one attached hydrogen (secondary N) is 1. The van der Waals surface area contributed by atoms with Gasteiger partial charge in [0.1, 0.15) is 5.71 Å². The van der Waals surface area contributed by atoms with Crippen LogP contribution in [0, 0.1) is 5.41 Å². The molecule has 1 heterocycles. The van der Waals surface area contributed by atoms with E-state index in [2.05, 4.69) is 4.99 Å². The third-order valence-electron chi connectivity index (χ3n) is 0.771. The highest BCUT2D eigenvalue weighted by atomic mass is 16.1. The Balaban J connectivity index is 2.89. The first-order valence-electron chi connectivity index (χ1n) is 2.14. The molecule has 1 amide bonds. The fraction of sp³-hybridized carbons (Fsp3) is 0. The predicted molar refractivity (Wildman–Crippen MR) is 30.4 cm³/mol. The smallest absolute Gasteiger partial charge is 0.294 e. The van der Waals surface area contributed by atoms with Crippen molar-refractivity contribution in [2.45, 2.75) is 0 Å². The van der Waals surface area contributed by atoms with Crippen LogP contribution in [0.3, 0.4) is 0 Å². The lowest BCUT2D eigenvalue weighted by Crippen LogP contribution is -2.09. The standard InChI is InChI=1S/C5H4N2O/c6-4-2-1-3-7-5(4)8/h1-3,6H. The number of aliphatic imine (C=N–C) groups is 1. The van der Waals surface area contributed by atoms with Gasteiger partial charge in [0.05, 0.1) is 0 Å². The van der Waals surface area contributed by atoms with Crippen LogP contribution in [0.25, 0.3) is 0 Å². The summed E-state index contributed by atoms with van der Waals surface area (Å²) >= 11 is 0. The lowest BCUT2D eigenvalue weighted by Gasteiger charge is -1.91. The van der Waals surface area contributed by atoms with Crippen molar-refractivity contribution in [2.75, 3.05) is 0 Å². The van der Waals surface area contributed by atoms with Gasteiger partial charge in [0, 0.05) is 6.21 Å². The minimum atomic E-state index is -0.465. The third-order valence-corrected chi connectivity index (χ3v) is 0.771. The van der Waals surface area contributed by atoms with E-state index in [9.17, 15) is 4.79 Å². The molecular formula is C5H4N2O. The van der Waals surface area contributed by atoms with Crippen molar-refractivity contribution in [1.29, 1.82) is 5.41 Å². The van der Waals surface area contributed by atoms with Gasteiger partial charge in [0.25, 0.3) is 5.91 Å². The summed E-state index contributed by atoms with van der Waals surface area (Å²) in [6.07, 6.45) is 4.35. The Morgan fingerprint density at radius 2 is 2.38 bits per heavy atom. The summed E-state index contributed by atoms with van der Waals surface area (Å²) in [6.45, 7) is 0. The van der Waals surface area contributed by atoms with E-state index in [1.165, 1.54) is 12.3 Å². The van der Waals surface area contributed by atoms with Gasteiger partial charge in [0.15, 0.2) is 0 Å². The molecule has 1 N–H and O–H groups in total. The Bertz CT molecular complexity index is 169. The number of carbonyl (C=O) groups excluding carboxylic acids is 1. The zero-order chi connectivity index (χ0) is 5.98. The largest absolute Gasteiger partial charge is 0.295 e. The molecule has 0 aromatic heterocycles. The summed E-state index contributed by atoms with van der Waals surface area (Å²) in [5, 5.41) is 6.84. The first-order valence-corrected chi connectivity index (χ1v) is 2.14. The molecule has 0 saturated carbocycles. The van der Waals surface area contributed by atoms with Gasteiger partial charge in [-0.1, -0.05) is 0 Å². The summed E-state index contributed by atoms with van der Waals surface area (Å²) in [7, 11) is 0. The fourth-order valence-corrected chi connectivity index (χ4v) is 0.391. The van der Waals surface area contributed by atoms with E-state index >= 15 is 0 Å². The maximum atomic E-state index is 10.3. The maximum absolute atomic E-state index is 10.3. The Morgan fingerprint density at radius 1 is 1.62 bits per heavy atom. The van der Waals surface area contributed by atoms with Gasteiger partial charge in [-0.2, -0.15) is 0 Å². The van der Waals surface area contributed by atoms with Crippen molar-refractivity contribution in [3.63, 3.8) is 0 Å². The van der Waals surface area contributed by atoms with Crippen LogP contribution in [0.1, 0.15) is 0 Å². The normalized spacial score (nSPS) is 17.5. The number of nitrogens with zero attached hydrogens (tertiary/aromatic N) is 1. The highest BCUT2D eigenvalue weighted by Crippen LogP contribution is 1.87. The molecule has 0 fully saturated rings. The zero-order valence-corrected chi connectivity index (χ0v) is 4.09. The van der Waals surface area contributed by atoms with Gasteiger partial charge < -0.3 is 0 Å². The molecule has 0 aromatic carbocycles. The molecule has 1 rings (SSSR count). The van der Waals surface area contributed by atoms with Gasteiger partial charge in [-0.05, 0) is 12.2 Å². The molecule has 0 radical (unpaired) electrons. The predicted octanol–water partition coefficient (Wildman–Crippen LogP) is 0.173. The second kappa shape index (κ2) is 1.69. The zero-order valence-electron chi connectivity index (χ0n) is 4.09. The molecule has 0 spiro atoms. The Labute approximate surface area is 46.2 Å². The number of hydrogen-bond acceptors (Lipinski definition) is 2. The number of dihydropyridines is 1. The Morgan fingerprint density at radius 3 is 2.75 bits per heavy atom. The average Bonchev–Trinajstić information content (AvgIpc) is 1.77. The van der Waals surface area contributed by atoms with E-state index in [0.29, 0.717) is 0 Å². The van der Waals surface area contributed by atoms with E-state index < -0.39 is 5.91 Å². The molecule has 0 atom stereocenters. The van der Waals surface area contributed by atoms with E-state index in [1.807, 2.05) is 0 Å². The maximum Gasteiger partial charge on any atom is 0.294 e. The van der Waals surface area contributed by atoms with E-state index in [4.69, 9.17) is 5.41 Å². The number of rotatable bonds is 0. The van der Waals surface area contributed by atoms with Crippen LogP contribution in [0.2, 0.25) is 0 Å². The minimum absolute atomic E-state index is 0.0486. The number of allylic oxidation sites excluding steroid dienone is 1. The molecule has 1 aliphatic rings. The second-order valence-electron chi connectivity index (χ2n) is 1.36. The minimum Gasteiger partial charge on any atom is -0.295 e. The average molecular weight is 108 g/mol. The molecule has 0 aromatic rings. The molecule has 0 saturated heterocycles. The van der Waals surface area contributed by atoms with Gasteiger partial charge in [-0.25, -0.2) is 4.99 Å². The van der Waals surface area contributed by atoms with Crippen molar-refractivity contribution in [2.24, 2.45) is 4.99 Å². The Kier molecular flexibility index (Phi) is 1.04. The fourth-order valence-electron chi connectivity index (χ4n) is 0.391. The molecular weight excluding hydrogens is 104 g/mol. The summed E-state index contributed by atoms with van der Waals surface area (Å²) in [6, 6.07) is 0. The molecule has 0 aliphatic carbocycles. The summed E-state index contributed by atoms with van der Waals surface area (Å²) in [5.74, 6) is -0.465. The van der Waals surface area contributed by atoms with Gasteiger partial charge in [0.2, 0.25) is 0 Å². The van der Waals surface area contributed by atoms with Crippen LogP contribution >= 0.6 is 0 Å². The molecule has 0 unspecified atom stereocenters. The van der Waals surface area contributed by atoms with Crippen LogP contribution in [-0.2, 0) is 4.79 Å². The van der Waals surface area contributed by atoms with Crippen LogP contribution in [0.5, 0.6) is 0 Å². The van der Waals surface area contributed by atoms with Crippen LogP contribution in [-0.4, -0.2) is 17.8 Å². The second-order valence-corrected chi connectivity index (χ2v) is 1.36. The van der Waals surface area contributed by atoms with Crippen LogP contribution in [0.4, 0.5) is 0 Å². The lowest BCUT2D eigenvalue weighted by molar-refractivity contribution is -0.111. The highest BCUT2D eigenvalue weighted by Gasteiger charge is 2.03. The molecule has 40 valence electrons. The van der Waals surface area contributed by atoms with Crippen molar-refractivity contribution >= 4 is 17.8 Å². The SMILES string of the molecule is N=C1C=CC=NC1=O. The number of hydrogen-bond donors (Lipinski definition) is 1. The van der Waals surface area contributed by atoms with Crippen molar-refractivity contribution in [1.82, 2.24) is 0 Å². The van der Waals surface area contributed by atoms with E-state index in [0.717, 1.165) is 0 Å². The highest BCUT2D eigenvalue weighted by molar-refractivity contribution is 6.45. The van der Waals surface area contributed by atoms with E-state index in [1.54, 1.807) is 6.08 Å². The molecule has 1 aliphatic heterocycles. The first-order chi connectivity index (χ1) is 3.80. The molecule has 8 heavy (non-hydrogen) atoms. The third kappa shape index (κ3) is 0.703. The van der Waals surface area contributed by atoms with Gasteiger partial charge in [-0.15, -0.1) is 0 Å². The lowest BCUT2D eigenvalue weighted by atomic mass is 10.3. The van der Waals surface area contributed by atoms with Crippen molar-refractivity contribution in [3.05, 3.63) is 12.2 Å². The first kappa shape index (κ1) is 4.90. The van der Waals surface area contributed by atoms with Crippen LogP contribution in [0.15, 0.2) is 17.1 Å². The monoisotopic (exact) mass is 108 g/mol. The topological polar surface area (TPSA) is 53.3 Å². The molecule has 0 bridgehead atoms. The molecule has 3 nitrogen and oxygen atoms in total. The van der Waals surface area contributed by atoms with Crippen LogP contribution < -0.4 is 0 Å². The summed E-state index contributed by atoms with van der Waals surface area (Å²) < 4.78 is 0. The van der Waals surface area contributed by atoms with Crippen molar-refractivity contribution in [3.8, 4) is 0 Å². The van der Waals surface area contributed by atoms with E-state index in [-0.39, 0.29) is 5.71 Å². The Hall–Kier alpha value is -1.25. The van der Waals surface area contributed by atoms with Crippen molar-refractivity contribution < 1.29 is 4.79 Å².